The fourth-order valence-corrected chi connectivity index (χ4v) is 6.08. The summed E-state index contributed by atoms with van der Waals surface area (Å²) < 4.78 is 46.3. The van der Waals surface area contributed by atoms with Crippen molar-refractivity contribution in [2.45, 2.75) is 50.4 Å². The van der Waals surface area contributed by atoms with Crippen molar-refractivity contribution in [1.29, 1.82) is 0 Å². The quantitative estimate of drug-likeness (QED) is 0.145. The molecule has 2 unspecified atom stereocenters. The van der Waals surface area contributed by atoms with Crippen LogP contribution in [0.4, 0.5) is 4.39 Å². The number of carboxylic acids is 1. The Morgan fingerprint density at radius 3 is 2.55 bits per heavy atom. The number of amides is 1. The average molecular weight is 630 g/mol. The van der Waals surface area contributed by atoms with Crippen LogP contribution in [0.3, 0.4) is 0 Å². The molecule has 0 spiro atoms. The van der Waals surface area contributed by atoms with E-state index in [4.69, 9.17) is 13.8 Å². The molecule has 0 saturated carbocycles. The highest BCUT2D eigenvalue weighted by Gasteiger charge is 2.57. The topological polar surface area (TPSA) is 164 Å². The highest BCUT2D eigenvalue weighted by atomic mass is 31.2. The van der Waals surface area contributed by atoms with Crippen LogP contribution in [0.25, 0.3) is 6.08 Å². The van der Waals surface area contributed by atoms with Crippen LogP contribution in [-0.4, -0.2) is 69.5 Å². The lowest BCUT2D eigenvalue weighted by Crippen LogP contribution is -2.51. The third kappa shape index (κ3) is 7.68. The number of aliphatic hydroxyl groups is 1. The summed E-state index contributed by atoms with van der Waals surface area (Å²) in [4.78, 5) is 37.1. The minimum Gasteiger partial charge on any atom is -0.480 e. The average Bonchev–Trinajstić information content (AvgIpc) is 3.22. The van der Waals surface area contributed by atoms with Gasteiger partial charge in [-0.15, -0.1) is 0 Å². The van der Waals surface area contributed by atoms with Gasteiger partial charge in [0.15, 0.2) is 17.7 Å². The van der Waals surface area contributed by atoms with E-state index in [1.807, 2.05) is 30.3 Å². The van der Waals surface area contributed by atoms with Gasteiger partial charge < -0.3 is 29.7 Å². The zero-order valence-corrected chi connectivity index (χ0v) is 24.9. The van der Waals surface area contributed by atoms with Crippen molar-refractivity contribution in [1.82, 2.24) is 15.3 Å². The Bertz CT molecular complexity index is 1500. The van der Waals surface area contributed by atoms with Crippen LogP contribution in [0.5, 0.6) is 5.75 Å². The molecule has 0 aliphatic carbocycles. The maximum Gasteiger partial charge on any atom is 0.459 e. The van der Waals surface area contributed by atoms with E-state index < -0.39 is 56.4 Å². The third-order valence-electron chi connectivity index (χ3n) is 6.96. The molecule has 4 rings (SSSR count). The number of nitrogens with one attached hydrogen (secondary N) is 2. The SMILES string of the molecule is C=C1NC(=O)C=CN1[C@@H]1O[C@H](COP(=O)(NC(CC)C(=O)O)Oc2ccc(C(=O)/C=C/c3ccccc3)cc2)[C@@H](O)[C@@]1(C)F. The van der Waals surface area contributed by atoms with Crippen molar-refractivity contribution >= 4 is 31.5 Å². The van der Waals surface area contributed by atoms with Crippen molar-refractivity contribution in [3.63, 3.8) is 0 Å². The Hall–Kier alpha value is -4.13. The predicted octanol–water partition coefficient (Wildman–Crippen LogP) is 3.77. The van der Waals surface area contributed by atoms with Crippen molar-refractivity contribution in [3.8, 4) is 5.75 Å². The van der Waals surface area contributed by atoms with Gasteiger partial charge in [-0.05, 0) is 49.2 Å². The van der Waals surface area contributed by atoms with Crippen LogP contribution in [0.2, 0.25) is 0 Å². The molecule has 1 fully saturated rings. The smallest absolute Gasteiger partial charge is 0.459 e. The van der Waals surface area contributed by atoms with E-state index in [0.29, 0.717) is 5.56 Å². The Labute approximate surface area is 253 Å². The molecule has 2 aliphatic rings. The zero-order chi connectivity index (χ0) is 32.1. The van der Waals surface area contributed by atoms with Crippen LogP contribution in [0.15, 0.2) is 85.3 Å². The summed E-state index contributed by atoms with van der Waals surface area (Å²) in [6.07, 6.45) is 0.855. The number of ketones is 1. The molecule has 1 saturated heterocycles. The van der Waals surface area contributed by atoms with E-state index in [9.17, 15) is 29.2 Å². The normalized spacial score (nSPS) is 25.5. The number of benzene rings is 2. The van der Waals surface area contributed by atoms with E-state index in [-0.39, 0.29) is 23.8 Å². The number of rotatable bonds is 13. The molecule has 2 aromatic carbocycles. The first-order valence-electron chi connectivity index (χ1n) is 13.6. The zero-order valence-electron chi connectivity index (χ0n) is 24.0. The van der Waals surface area contributed by atoms with Crippen molar-refractivity contribution in [2.75, 3.05) is 6.61 Å². The molecule has 0 aromatic heterocycles. The molecule has 2 aromatic rings. The molecule has 4 N–H and O–H groups in total. The fraction of sp³-hybridized carbons (Fsp3) is 0.300. The summed E-state index contributed by atoms with van der Waals surface area (Å²) in [5.74, 6) is -2.09. The Balaban J connectivity index is 1.49. The Morgan fingerprint density at radius 1 is 1.25 bits per heavy atom. The summed E-state index contributed by atoms with van der Waals surface area (Å²) in [5.41, 5.74) is -1.24. The highest BCUT2D eigenvalue weighted by Crippen LogP contribution is 2.47. The number of ether oxygens (including phenoxy) is 1. The molecule has 14 heteroatoms. The first kappa shape index (κ1) is 32.8. The number of carbonyl (C=O) groups excluding carboxylic acids is 2. The first-order chi connectivity index (χ1) is 20.8. The van der Waals surface area contributed by atoms with Gasteiger partial charge in [0.2, 0.25) is 0 Å². The summed E-state index contributed by atoms with van der Waals surface area (Å²) in [5, 5.41) is 25.1. The van der Waals surface area contributed by atoms with Gasteiger partial charge in [-0.25, -0.2) is 8.96 Å². The number of carbonyl (C=O) groups is 3. The molecular formula is C30H33FN3O9P. The standard InChI is InChI=1S/C30H33FN3O9P/c1-4-23(28(38)39)33-44(40,43-22-13-11-21(12-14-22)24(35)15-10-20-8-6-5-7-9-20)41-18-25-27(37)30(3,31)29(42-25)34-17-16-26(36)32-19(34)2/h5-17,23,25,27,29,37H,2,4,18H2,1,3H3,(H,32,36)(H,33,40)(H,38,39)/b15-10+/t23?,25-,27-,29-,30-,44?/m1/s1. The molecule has 0 radical (unpaired) electrons. The Morgan fingerprint density at radius 2 is 1.93 bits per heavy atom. The van der Waals surface area contributed by atoms with Gasteiger partial charge in [0.25, 0.3) is 5.91 Å². The number of nitrogens with zero attached hydrogens (tertiary/aromatic N) is 1. The number of aliphatic carboxylic acids is 1. The molecule has 12 nitrogen and oxygen atoms in total. The second-order valence-corrected chi connectivity index (χ2v) is 11.9. The number of alkyl halides is 1. The molecule has 1 amide bonds. The van der Waals surface area contributed by atoms with Gasteiger partial charge in [0.05, 0.1) is 6.61 Å². The monoisotopic (exact) mass is 629 g/mol. The van der Waals surface area contributed by atoms with E-state index >= 15 is 4.39 Å². The molecule has 6 atom stereocenters. The third-order valence-corrected chi connectivity index (χ3v) is 8.52. The molecule has 0 bridgehead atoms. The van der Waals surface area contributed by atoms with Gasteiger partial charge in [-0.1, -0.05) is 49.9 Å². The molecular weight excluding hydrogens is 596 g/mol. The minimum absolute atomic E-state index is 0.00946. The van der Waals surface area contributed by atoms with Crippen LogP contribution >= 0.6 is 7.75 Å². The summed E-state index contributed by atoms with van der Waals surface area (Å²) in [7, 11) is -4.50. The number of allylic oxidation sites excluding steroid dienone is 1. The molecule has 234 valence electrons. The van der Waals surface area contributed by atoms with E-state index in [2.05, 4.69) is 17.0 Å². The lowest BCUT2D eigenvalue weighted by molar-refractivity contribution is -0.139. The van der Waals surface area contributed by atoms with Gasteiger partial charge >= 0.3 is 13.7 Å². The summed E-state index contributed by atoms with van der Waals surface area (Å²) in [6, 6.07) is 13.5. The van der Waals surface area contributed by atoms with E-state index in [1.54, 1.807) is 13.0 Å². The Kier molecular flexibility index (Phi) is 10.2. The van der Waals surface area contributed by atoms with Gasteiger partial charge in [-0.2, -0.15) is 5.09 Å². The summed E-state index contributed by atoms with van der Waals surface area (Å²) in [6.45, 7) is 5.62. The second-order valence-electron chi connectivity index (χ2n) is 10.2. The van der Waals surface area contributed by atoms with Crippen LogP contribution in [-0.2, 0) is 23.4 Å². The maximum atomic E-state index is 15.7. The predicted molar refractivity (Wildman–Crippen MR) is 158 cm³/mol. The number of aliphatic hydroxyl groups excluding tert-OH is 1. The van der Waals surface area contributed by atoms with Gasteiger partial charge in [0.1, 0.15) is 29.8 Å². The molecule has 2 heterocycles. The van der Waals surface area contributed by atoms with E-state index in [1.165, 1.54) is 41.4 Å². The lowest BCUT2D eigenvalue weighted by Gasteiger charge is -2.35. The molecule has 2 aliphatic heterocycles. The number of hydrogen-bond acceptors (Lipinski definition) is 9. The second kappa shape index (κ2) is 13.7. The number of carboxylic acid groups (broad SMARTS) is 1. The summed E-state index contributed by atoms with van der Waals surface area (Å²) >= 11 is 0. The molecule has 44 heavy (non-hydrogen) atoms. The van der Waals surface area contributed by atoms with E-state index in [0.717, 1.165) is 18.6 Å². The fourth-order valence-electron chi connectivity index (χ4n) is 4.48. The van der Waals surface area contributed by atoms with Crippen molar-refractivity contribution in [3.05, 3.63) is 96.5 Å². The van der Waals surface area contributed by atoms with Crippen molar-refractivity contribution < 1.29 is 47.3 Å². The largest absolute Gasteiger partial charge is 0.480 e. The van der Waals surface area contributed by atoms with Gasteiger partial charge in [-0.3, -0.25) is 18.9 Å². The minimum atomic E-state index is -4.50. The number of hydrogen-bond donors (Lipinski definition) is 4. The van der Waals surface area contributed by atoms with Crippen LogP contribution < -0.4 is 14.9 Å². The van der Waals surface area contributed by atoms with Gasteiger partial charge in [0, 0.05) is 17.8 Å². The maximum absolute atomic E-state index is 15.7. The van der Waals surface area contributed by atoms with Crippen LogP contribution in [0.1, 0.15) is 36.2 Å². The van der Waals surface area contributed by atoms with Crippen LogP contribution in [0, 0.1) is 0 Å². The van der Waals surface area contributed by atoms with Crippen molar-refractivity contribution in [2.24, 2.45) is 0 Å². The highest BCUT2D eigenvalue weighted by molar-refractivity contribution is 7.52. The first-order valence-corrected chi connectivity index (χ1v) is 15.2. The lowest BCUT2D eigenvalue weighted by atomic mass is 9.98. The number of halogens is 1.